The first-order chi connectivity index (χ1) is 23.2. The van der Waals surface area contributed by atoms with Gasteiger partial charge in [-0.2, -0.15) is 0 Å². The molecule has 48 heavy (non-hydrogen) atoms. The number of ether oxygens (including phenoxy) is 2. The van der Waals surface area contributed by atoms with Crippen molar-refractivity contribution >= 4 is 5.97 Å². The molecule has 0 aliphatic heterocycles. The van der Waals surface area contributed by atoms with Gasteiger partial charge in [0.05, 0.1) is 39.7 Å². The SMILES string of the molecule is CCOc1c(O)ccc(CC)c1CC.COc1cnnnc1-c1ccccc1.O=C(O)c1ccccc1O.OCCN(CCO)CCO. The average molecular weight is 669 g/mol. The number of carboxylic acids is 1. The smallest absolute Gasteiger partial charge is 0.339 e. The van der Waals surface area contributed by atoms with E-state index in [1.165, 1.54) is 17.7 Å². The lowest BCUT2D eigenvalue weighted by atomic mass is 10.0. The maximum atomic E-state index is 10.3. The average Bonchev–Trinajstić information content (AvgIpc) is 3.11. The number of benzene rings is 3. The van der Waals surface area contributed by atoms with Crippen LogP contribution in [0.1, 0.15) is 42.3 Å². The van der Waals surface area contributed by atoms with E-state index in [-0.39, 0.29) is 36.9 Å². The predicted molar refractivity (Wildman–Crippen MR) is 183 cm³/mol. The third-order valence-electron chi connectivity index (χ3n) is 6.61. The molecule has 4 rings (SSSR count). The molecule has 1 heterocycles. The topological polar surface area (TPSA) is 199 Å². The molecule has 262 valence electrons. The van der Waals surface area contributed by atoms with E-state index in [2.05, 4.69) is 29.3 Å². The number of para-hydroxylation sites is 1. The highest BCUT2D eigenvalue weighted by Gasteiger charge is 2.11. The molecule has 1 aromatic heterocycles. The maximum absolute atomic E-state index is 10.3. The van der Waals surface area contributed by atoms with Gasteiger partial charge in [0.25, 0.3) is 0 Å². The molecule has 0 atom stereocenters. The quantitative estimate of drug-likeness (QED) is 0.120. The van der Waals surface area contributed by atoms with Gasteiger partial charge in [0, 0.05) is 30.8 Å². The van der Waals surface area contributed by atoms with Crippen molar-refractivity contribution in [3.63, 3.8) is 0 Å². The molecule has 0 saturated heterocycles. The number of methoxy groups -OCH3 is 1. The lowest BCUT2D eigenvalue weighted by Gasteiger charge is -2.17. The summed E-state index contributed by atoms with van der Waals surface area (Å²) in [5.74, 6) is 0.231. The number of phenolic OH excluding ortho intramolecular Hbond substituents is 1. The van der Waals surface area contributed by atoms with Crippen LogP contribution in [-0.2, 0) is 12.8 Å². The summed E-state index contributed by atoms with van der Waals surface area (Å²) in [7, 11) is 1.59. The lowest BCUT2D eigenvalue weighted by molar-refractivity contribution is 0.0693. The van der Waals surface area contributed by atoms with Crippen molar-refractivity contribution in [3.8, 4) is 34.3 Å². The van der Waals surface area contributed by atoms with Crippen LogP contribution in [-0.4, -0.2) is 110 Å². The normalized spacial score (nSPS) is 10.0. The zero-order valence-electron chi connectivity index (χ0n) is 28.0. The fraction of sp³-hybridized carbons (Fsp3) is 0.371. The summed E-state index contributed by atoms with van der Waals surface area (Å²) in [6, 6.07) is 19.2. The number of carboxylic acid groups (broad SMARTS) is 1. The molecule has 0 unspecified atom stereocenters. The first kappa shape index (κ1) is 41.2. The Labute approximate surface area is 281 Å². The molecule has 4 aromatic rings. The Bertz CT molecular complexity index is 1450. The summed E-state index contributed by atoms with van der Waals surface area (Å²) in [6.07, 6.45) is 3.42. The Morgan fingerprint density at radius 1 is 0.792 bits per heavy atom. The number of rotatable bonds is 13. The number of aliphatic hydroxyl groups excluding tert-OH is 3. The molecular weight excluding hydrogens is 620 g/mol. The Balaban J connectivity index is 0.000000325. The highest BCUT2D eigenvalue weighted by atomic mass is 16.5. The van der Waals surface area contributed by atoms with Crippen LogP contribution < -0.4 is 9.47 Å². The van der Waals surface area contributed by atoms with E-state index in [1.807, 2.05) is 43.3 Å². The largest absolute Gasteiger partial charge is 0.507 e. The van der Waals surface area contributed by atoms with Crippen LogP contribution in [0.5, 0.6) is 23.0 Å². The second-order valence-electron chi connectivity index (χ2n) is 9.74. The molecule has 6 N–H and O–H groups in total. The summed E-state index contributed by atoms with van der Waals surface area (Å²) < 4.78 is 10.6. The minimum Gasteiger partial charge on any atom is -0.507 e. The Morgan fingerprint density at radius 3 is 1.88 bits per heavy atom. The number of aromatic nitrogens is 3. The molecule has 0 bridgehead atoms. The minimum absolute atomic E-state index is 0.0671. The van der Waals surface area contributed by atoms with Crippen molar-refractivity contribution in [2.24, 2.45) is 0 Å². The van der Waals surface area contributed by atoms with E-state index >= 15 is 0 Å². The Morgan fingerprint density at radius 2 is 1.40 bits per heavy atom. The maximum Gasteiger partial charge on any atom is 0.339 e. The second kappa shape index (κ2) is 24.4. The number of phenols is 2. The summed E-state index contributed by atoms with van der Waals surface area (Å²) in [5, 5.41) is 63.6. The number of aryl methyl sites for hydroxylation is 1. The molecule has 13 nitrogen and oxygen atoms in total. The van der Waals surface area contributed by atoms with Gasteiger partial charge in [-0.3, -0.25) is 4.90 Å². The van der Waals surface area contributed by atoms with E-state index in [0.29, 0.717) is 43.4 Å². The number of aliphatic hydroxyl groups is 3. The second-order valence-corrected chi connectivity index (χ2v) is 9.74. The standard InChI is InChI=1S/C12H18O2.C10H9N3O.C7H6O3.C6H15NO3/c1-4-9-7-8-11(13)12(14-6-3)10(9)5-2;1-14-9-7-11-13-12-10(9)8-5-3-2-4-6-8;8-6-4-2-1-3-5(6)7(9)10;8-4-1-7(2-5-9)3-6-10/h7-8,13H,4-6H2,1-3H3;2-7H,1H3;1-4,8H,(H,9,10);8-10H,1-6H2. The molecule has 3 aromatic carbocycles. The zero-order valence-corrected chi connectivity index (χ0v) is 28.0. The van der Waals surface area contributed by atoms with Crippen LogP contribution in [0.4, 0.5) is 0 Å². The van der Waals surface area contributed by atoms with Gasteiger partial charge in [0.1, 0.15) is 17.0 Å². The van der Waals surface area contributed by atoms with Crippen molar-refractivity contribution in [2.75, 3.05) is 53.2 Å². The van der Waals surface area contributed by atoms with Gasteiger partial charge in [-0.05, 0) is 48.7 Å². The summed E-state index contributed by atoms with van der Waals surface area (Å²) in [5.41, 5.74) is 4.01. The highest BCUT2D eigenvalue weighted by Crippen LogP contribution is 2.33. The molecular formula is C35H48N4O9. The predicted octanol–water partition coefficient (Wildman–Crippen LogP) is 3.82. The van der Waals surface area contributed by atoms with Gasteiger partial charge in [0.2, 0.25) is 0 Å². The van der Waals surface area contributed by atoms with E-state index in [1.54, 1.807) is 36.4 Å². The summed E-state index contributed by atoms with van der Waals surface area (Å²) in [4.78, 5) is 12.1. The number of hydrogen-bond donors (Lipinski definition) is 6. The van der Waals surface area contributed by atoms with Gasteiger partial charge in [-0.25, -0.2) is 4.79 Å². The van der Waals surface area contributed by atoms with E-state index in [4.69, 9.17) is 35.0 Å². The molecule has 0 aliphatic rings. The van der Waals surface area contributed by atoms with Crippen molar-refractivity contribution in [1.82, 2.24) is 20.3 Å². The molecule has 0 amide bonds. The van der Waals surface area contributed by atoms with E-state index in [0.717, 1.165) is 24.0 Å². The van der Waals surface area contributed by atoms with Gasteiger partial charge in [-0.15, -0.1) is 10.2 Å². The van der Waals surface area contributed by atoms with Crippen LogP contribution in [0.3, 0.4) is 0 Å². The first-order valence-corrected chi connectivity index (χ1v) is 15.5. The number of aromatic hydroxyl groups is 2. The Hall–Kier alpha value is -4.82. The van der Waals surface area contributed by atoms with Crippen LogP contribution in [0, 0.1) is 0 Å². The van der Waals surface area contributed by atoms with Crippen molar-refractivity contribution in [3.05, 3.63) is 89.6 Å². The summed E-state index contributed by atoms with van der Waals surface area (Å²) in [6.45, 7) is 8.46. The van der Waals surface area contributed by atoms with Crippen molar-refractivity contribution < 1.29 is 44.9 Å². The molecule has 13 heteroatoms. The van der Waals surface area contributed by atoms with Gasteiger partial charge < -0.3 is 40.1 Å². The van der Waals surface area contributed by atoms with Crippen LogP contribution in [0.2, 0.25) is 0 Å². The third kappa shape index (κ3) is 14.3. The number of nitrogens with zero attached hydrogens (tertiary/aromatic N) is 4. The van der Waals surface area contributed by atoms with Crippen LogP contribution in [0.15, 0.2) is 72.9 Å². The van der Waals surface area contributed by atoms with Crippen molar-refractivity contribution in [1.29, 1.82) is 0 Å². The van der Waals surface area contributed by atoms with Gasteiger partial charge in [-0.1, -0.05) is 62.4 Å². The molecule has 0 fully saturated rings. The molecule has 0 aliphatic carbocycles. The summed E-state index contributed by atoms with van der Waals surface area (Å²) >= 11 is 0. The minimum atomic E-state index is -1.11. The monoisotopic (exact) mass is 668 g/mol. The van der Waals surface area contributed by atoms with Gasteiger partial charge >= 0.3 is 5.97 Å². The fourth-order valence-corrected chi connectivity index (χ4v) is 4.30. The fourth-order valence-electron chi connectivity index (χ4n) is 4.30. The lowest BCUT2D eigenvalue weighted by Crippen LogP contribution is -2.32. The molecule has 0 spiro atoms. The number of hydrogen-bond acceptors (Lipinski definition) is 12. The van der Waals surface area contributed by atoms with E-state index in [9.17, 15) is 9.90 Å². The van der Waals surface area contributed by atoms with E-state index < -0.39 is 5.97 Å². The first-order valence-electron chi connectivity index (χ1n) is 15.5. The van der Waals surface area contributed by atoms with Crippen LogP contribution >= 0.6 is 0 Å². The molecule has 0 saturated carbocycles. The van der Waals surface area contributed by atoms with Crippen LogP contribution in [0.25, 0.3) is 11.3 Å². The third-order valence-corrected chi connectivity index (χ3v) is 6.61. The Kier molecular flexibility index (Phi) is 20.9. The molecule has 0 radical (unpaired) electrons. The number of carbonyl (C=O) groups is 1. The number of aromatic carboxylic acids is 1. The van der Waals surface area contributed by atoms with Crippen molar-refractivity contribution in [2.45, 2.75) is 33.6 Å². The van der Waals surface area contributed by atoms with Gasteiger partial charge in [0.15, 0.2) is 17.2 Å². The highest BCUT2D eigenvalue weighted by molar-refractivity contribution is 5.90. The zero-order chi connectivity index (χ0) is 35.7.